The van der Waals surface area contributed by atoms with Crippen molar-refractivity contribution in [2.45, 2.75) is 56.9 Å². The second-order valence-electron chi connectivity index (χ2n) is 7.10. The highest BCUT2D eigenvalue weighted by Crippen LogP contribution is 2.27. The Labute approximate surface area is 156 Å². The van der Waals surface area contributed by atoms with Crippen molar-refractivity contribution < 1.29 is 28.2 Å². The van der Waals surface area contributed by atoms with E-state index in [-0.39, 0.29) is 6.54 Å². The number of hydrogen-bond acceptors (Lipinski definition) is 3. The molecule has 7 heteroatoms. The summed E-state index contributed by atoms with van der Waals surface area (Å²) in [6.45, 7) is 1.24. The van der Waals surface area contributed by atoms with Crippen LogP contribution in [0.1, 0.15) is 56.3 Å². The molecule has 1 amide bonds. The van der Waals surface area contributed by atoms with Crippen molar-refractivity contribution in [1.29, 1.82) is 0 Å². The third-order valence-corrected chi connectivity index (χ3v) is 4.73. The predicted molar refractivity (Wildman–Crippen MR) is 94.5 cm³/mol. The summed E-state index contributed by atoms with van der Waals surface area (Å²) in [6.07, 6.45) is -1.77. The van der Waals surface area contributed by atoms with Crippen molar-refractivity contribution in [3.63, 3.8) is 0 Å². The zero-order valence-corrected chi connectivity index (χ0v) is 15.1. The fourth-order valence-electron chi connectivity index (χ4n) is 3.04. The first kappa shape index (κ1) is 21.3. The lowest BCUT2D eigenvalue weighted by Crippen LogP contribution is -2.39. The van der Waals surface area contributed by atoms with Crippen molar-refractivity contribution in [3.05, 3.63) is 35.4 Å². The van der Waals surface area contributed by atoms with Crippen LogP contribution in [0.5, 0.6) is 0 Å². The topological polar surface area (TPSA) is 69.6 Å². The number of rotatable bonds is 4. The number of benzene rings is 1. The summed E-state index contributed by atoms with van der Waals surface area (Å²) in [5.74, 6) is 3.19. The van der Waals surface area contributed by atoms with Gasteiger partial charge in [-0.05, 0) is 43.4 Å². The molecule has 0 aromatic heterocycles. The van der Waals surface area contributed by atoms with Crippen molar-refractivity contribution in [2.75, 3.05) is 6.54 Å². The molecule has 4 nitrogen and oxygen atoms in total. The molecule has 3 N–H and O–H groups in total. The molecule has 0 saturated heterocycles. The Morgan fingerprint density at radius 1 is 1.30 bits per heavy atom. The smallest absolute Gasteiger partial charge is 0.388 e. The summed E-state index contributed by atoms with van der Waals surface area (Å²) in [4.78, 5) is 10.9. The van der Waals surface area contributed by atoms with Crippen LogP contribution in [0.15, 0.2) is 24.3 Å². The first-order valence-corrected chi connectivity index (χ1v) is 8.99. The maximum absolute atomic E-state index is 12.2. The molecule has 2 rings (SSSR count). The van der Waals surface area contributed by atoms with Crippen LogP contribution in [-0.4, -0.2) is 34.4 Å². The van der Waals surface area contributed by atoms with Gasteiger partial charge in [0.1, 0.15) is 5.60 Å². The van der Waals surface area contributed by atoms with E-state index in [2.05, 4.69) is 11.8 Å². The molecule has 0 aliphatic heterocycles. The van der Waals surface area contributed by atoms with E-state index < -0.39 is 29.7 Å². The van der Waals surface area contributed by atoms with Crippen molar-refractivity contribution in [3.8, 4) is 11.8 Å². The minimum atomic E-state index is -4.94. The Morgan fingerprint density at radius 3 is 2.59 bits per heavy atom. The standard InChI is InChI=1S/C20H24F3NO3/c1-14(13-24-18(26)20(21,22)23)17(25)16-7-5-6-15(12-16)8-11-19(27)9-3-2-4-10-19/h5-7,12,14,17,25,27H,2-4,9-10,13H2,1H3,(H,24,26)/t14-,17-/m1/s1. The van der Waals surface area contributed by atoms with Crippen LogP contribution in [0, 0.1) is 17.8 Å². The highest BCUT2D eigenvalue weighted by molar-refractivity contribution is 5.81. The van der Waals surface area contributed by atoms with Gasteiger partial charge in [-0.2, -0.15) is 13.2 Å². The molecule has 1 saturated carbocycles. The zero-order valence-electron chi connectivity index (χ0n) is 15.1. The van der Waals surface area contributed by atoms with Crippen molar-refractivity contribution in [1.82, 2.24) is 5.32 Å². The van der Waals surface area contributed by atoms with E-state index in [9.17, 15) is 28.2 Å². The summed E-state index contributed by atoms with van der Waals surface area (Å²) in [5, 5.41) is 22.6. The third-order valence-electron chi connectivity index (χ3n) is 4.73. The summed E-state index contributed by atoms with van der Waals surface area (Å²) < 4.78 is 36.7. The Balaban J connectivity index is 2.02. The fraction of sp³-hybridized carbons (Fsp3) is 0.550. The van der Waals surface area contributed by atoms with E-state index in [1.807, 2.05) is 0 Å². The Bertz CT molecular complexity index is 715. The molecule has 1 aromatic carbocycles. The van der Waals surface area contributed by atoms with E-state index in [0.29, 0.717) is 24.0 Å². The lowest BCUT2D eigenvalue weighted by Gasteiger charge is -2.26. The van der Waals surface area contributed by atoms with Gasteiger partial charge in [-0.25, -0.2) is 0 Å². The maximum atomic E-state index is 12.2. The van der Waals surface area contributed by atoms with Gasteiger partial charge in [0.05, 0.1) is 6.10 Å². The SMILES string of the molecule is C[C@H](CNC(=O)C(F)(F)F)[C@@H](O)c1cccc(C#CC2(O)CCCCC2)c1. The number of nitrogens with one attached hydrogen (secondary N) is 1. The van der Waals surface area contributed by atoms with Gasteiger partial charge in [0.15, 0.2) is 0 Å². The second-order valence-corrected chi connectivity index (χ2v) is 7.10. The molecule has 1 aliphatic rings. The van der Waals surface area contributed by atoms with Gasteiger partial charge in [0.25, 0.3) is 0 Å². The van der Waals surface area contributed by atoms with Crippen LogP contribution >= 0.6 is 0 Å². The number of halogens is 3. The van der Waals surface area contributed by atoms with Crippen LogP contribution < -0.4 is 5.32 Å². The average Bonchev–Trinajstić information content (AvgIpc) is 2.63. The van der Waals surface area contributed by atoms with Gasteiger partial charge in [0.2, 0.25) is 0 Å². The second kappa shape index (κ2) is 8.77. The number of carbonyl (C=O) groups is 1. The quantitative estimate of drug-likeness (QED) is 0.700. The number of alkyl halides is 3. The minimum absolute atomic E-state index is 0.310. The number of hydrogen-bond donors (Lipinski definition) is 3. The number of carbonyl (C=O) groups excluding carboxylic acids is 1. The van der Waals surface area contributed by atoms with E-state index >= 15 is 0 Å². The lowest BCUT2D eigenvalue weighted by molar-refractivity contribution is -0.173. The van der Waals surface area contributed by atoms with E-state index in [4.69, 9.17) is 0 Å². The largest absolute Gasteiger partial charge is 0.471 e. The molecule has 27 heavy (non-hydrogen) atoms. The van der Waals surface area contributed by atoms with Crippen molar-refractivity contribution >= 4 is 5.91 Å². The molecule has 1 aliphatic carbocycles. The third kappa shape index (κ3) is 6.26. The summed E-state index contributed by atoms with van der Waals surface area (Å²) in [6, 6.07) is 6.72. The first-order chi connectivity index (χ1) is 12.6. The molecule has 2 atom stereocenters. The summed E-state index contributed by atoms with van der Waals surface area (Å²) in [5.41, 5.74) is 0.116. The van der Waals surface area contributed by atoms with Crippen molar-refractivity contribution in [2.24, 2.45) is 5.92 Å². The van der Waals surface area contributed by atoms with E-state index in [1.165, 1.54) is 0 Å². The molecule has 0 heterocycles. The molecule has 1 fully saturated rings. The Hall–Kier alpha value is -2.04. The average molecular weight is 383 g/mol. The normalized spacial score (nSPS) is 18.7. The Morgan fingerprint density at radius 2 is 1.96 bits per heavy atom. The summed E-state index contributed by atoms with van der Waals surface area (Å²) >= 11 is 0. The predicted octanol–water partition coefficient (Wildman–Crippen LogP) is 3.08. The highest BCUT2D eigenvalue weighted by Gasteiger charge is 2.38. The van der Waals surface area contributed by atoms with E-state index in [0.717, 1.165) is 19.3 Å². The first-order valence-electron chi connectivity index (χ1n) is 8.99. The monoisotopic (exact) mass is 383 g/mol. The van der Waals surface area contributed by atoms with Crippen LogP contribution in [0.3, 0.4) is 0 Å². The molecule has 0 bridgehead atoms. The van der Waals surface area contributed by atoms with Gasteiger partial charge >= 0.3 is 12.1 Å². The number of aliphatic hydroxyl groups is 2. The molecule has 0 unspecified atom stereocenters. The fourth-order valence-corrected chi connectivity index (χ4v) is 3.04. The summed E-state index contributed by atoms with van der Waals surface area (Å²) in [7, 11) is 0. The van der Waals surface area contributed by atoms with Gasteiger partial charge in [-0.15, -0.1) is 0 Å². The van der Waals surface area contributed by atoms with Gasteiger partial charge in [-0.3, -0.25) is 4.79 Å². The number of aliphatic hydroxyl groups excluding tert-OH is 1. The van der Waals surface area contributed by atoms with Gasteiger partial charge in [0, 0.05) is 18.0 Å². The maximum Gasteiger partial charge on any atom is 0.471 e. The molecule has 148 valence electrons. The molecule has 1 aromatic rings. The van der Waals surface area contributed by atoms with Gasteiger partial charge < -0.3 is 15.5 Å². The van der Waals surface area contributed by atoms with Crippen LogP contribution in [-0.2, 0) is 4.79 Å². The Kier molecular flexibility index (Phi) is 6.90. The van der Waals surface area contributed by atoms with Crippen LogP contribution in [0.25, 0.3) is 0 Å². The van der Waals surface area contributed by atoms with Crippen LogP contribution in [0.2, 0.25) is 0 Å². The molecule has 0 spiro atoms. The highest BCUT2D eigenvalue weighted by atomic mass is 19.4. The minimum Gasteiger partial charge on any atom is -0.388 e. The molecular formula is C20H24F3NO3. The van der Waals surface area contributed by atoms with Gasteiger partial charge in [-0.1, -0.05) is 37.3 Å². The molecule has 0 radical (unpaired) electrons. The van der Waals surface area contributed by atoms with Crippen LogP contribution in [0.4, 0.5) is 13.2 Å². The molecular weight excluding hydrogens is 359 g/mol. The van der Waals surface area contributed by atoms with E-state index in [1.54, 1.807) is 36.5 Å². The number of amides is 1. The zero-order chi connectivity index (χ0) is 20.1. The lowest BCUT2D eigenvalue weighted by atomic mass is 9.85.